The van der Waals surface area contributed by atoms with E-state index in [0.29, 0.717) is 31.8 Å². The van der Waals surface area contributed by atoms with Crippen molar-refractivity contribution in [3.8, 4) is 0 Å². The minimum Gasteiger partial charge on any atom is -0.390 e. The molecule has 2 fully saturated rings. The van der Waals surface area contributed by atoms with E-state index < -0.39 is 29.8 Å². The van der Waals surface area contributed by atoms with Crippen LogP contribution in [-0.2, 0) is 17.8 Å². The molecule has 1 aromatic carbocycles. The summed E-state index contributed by atoms with van der Waals surface area (Å²) in [6.45, 7) is 4.75. The van der Waals surface area contributed by atoms with Crippen molar-refractivity contribution < 1.29 is 23.1 Å². The van der Waals surface area contributed by atoms with Gasteiger partial charge < -0.3 is 15.3 Å². The maximum Gasteiger partial charge on any atom is 0.280 e. The number of carbonyl (C=O) groups excluding carboxylic acids is 1. The van der Waals surface area contributed by atoms with Gasteiger partial charge in [-0.15, -0.1) is 0 Å². The van der Waals surface area contributed by atoms with E-state index in [2.05, 4.69) is 22.3 Å². The van der Waals surface area contributed by atoms with Crippen molar-refractivity contribution in [1.82, 2.24) is 20.0 Å². The summed E-state index contributed by atoms with van der Waals surface area (Å²) in [5.41, 5.74) is 2.83. The van der Waals surface area contributed by atoms with Gasteiger partial charge in [0.25, 0.3) is 11.8 Å². The van der Waals surface area contributed by atoms with Crippen molar-refractivity contribution in [2.75, 3.05) is 39.3 Å². The van der Waals surface area contributed by atoms with Gasteiger partial charge in [-0.1, -0.05) is 37.3 Å². The number of aliphatic hydroxyl groups is 1. The molecule has 2 N–H and O–H groups in total. The summed E-state index contributed by atoms with van der Waals surface area (Å²) in [5, 5.41) is 13.9. The number of benzene rings is 1. The van der Waals surface area contributed by atoms with E-state index in [-0.39, 0.29) is 37.5 Å². The lowest BCUT2D eigenvalue weighted by atomic mass is 9.93. The van der Waals surface area contributed by atoms with E-state index in [1.54, 1.807) is 11.0 Å². The molecule has 2 saturated heterocycles. The number of amides is 1. The fraction of sp³-hybridized carbons (Fsp3) is 0.552. The number of fused-ring (bicyclic) bond motifs is 1. The van der Waals surface area contributed by atoms with Crippen molar-refractivity contribution in [2.45, 2.75) is 63.3 Å². The average Bonchev–Trinajstić information content (AvgIpc) is 3.09. The summed E-state index contributed by atoms with van der Waals surface area (Å²) >= 11 is 0. The van der Waals surface area contributed by atoms with Gasteiger partial charge in [0.2, 0.25) is 0 Å². The number of rotatable bonds is 5. The smallest absolute Gasteiger partial charge is 0.280 e. The number of piperidine rings is 2. The van der Waals surface area contributed by atoms with E-state index in [9.17, 15) is 23.1 Å². The van der Waals surface area contributed by atoms with Crippen LogP contribution in [0.3, 0.4) is 0 Å². The van der Waals surface area contributed by atoms with Gasteiger partial charge in [0.1, 0.15) is 5.83 Å². The van der Waals surface area contributed by atoms with Gasteiger partial charge in [0, 0.05) is 50.9 Å². The molecule has 0 spiro atoms. The van der Waals surface area contributed by atoms with Crippen LogP contribution < -0.4 is 5.32 Å². The van der Waals surface area contributed by atoms with Crippen LogP contribution in [0.1, 0.15) is 37.3 Å². The molecule has 0 radical (unpaired) electrons. The normalized spacial score (nSPS) is 28.5. The molecule has 0 saturated carbocycles. The predicted molar refractivity (Wildman–Crippen MR) is 140 cm³/mol. The number of carbonyl (C=O) groups is 1. The number of likely N-dealkylation sites (tertiary alicyclic amines) is 2. The number of allylic oxidation sites excluding steroid dienone is 3. The maximum absolute atomic E-state index is 15.0. The molecule has 6 nitrogen and oxygen atoms in total. The molecule has 3 aliphatic heterocycles. The molecule has 0 bridgehead atoms. The number of hydrogen-bond donors (Lipinski definition) is 2. The van der Waals surface area contributed by atoms with Crippen molar-refractivity contribution in [3.05, 3.63) is 70.7 Å². The van der Waals surface area contributed by atoms with Crippen molar-refractivity contribution >= 4 is 5.91 Å². The average molecular weight is 531 g/mol. The van der Waals surface area contributed by atoms with Crippen LogP contribution in [0.4, 0.5) is 13.2 Å². The van der Waals surface area contributed by atoms with Gasteiger partial charge >= 0.3 is 0 Å². The number of nitrogens with one attached hydrogen (secondary N) is 1. The summed E-state index contributed by atoms with van der Waals surface area (Å²) in [6, 6.07) is 7.16. The highest BCUT2D eigenvalue weighted by Crippen LogP contribution is 2.30. The van der Waals surface area contributed by atoms with Crippen molar-refractivity contribution in [2.24, 2.45) is 0 Å². The first-order chi connectivity index (χ1) is 18.2. The molecular weight excluding hydrogens is 493 g/mol. The molecule has 0 aromatic heterocycles. The van der Waals surface area contributed by atoms with Crippen molar-refractivity contribution in [3.63, 3.8) is 0 Å². The summed E-state index contributed by atoms with van der Waals surface area (Å²) in [6.07, 6.45) is 5.38. The zero-order chi connectivity index (χ0) is 26.9. The second-order valence-corrected chi connectivity index (χ2v) is 10.8. The highest BCUT2D eigenvalue weighted by atomic mass is 19.3. The quantitative estimate of drug-likeness (QED) is 0.612. The molecule has 38 heavy (non-hydrogen) atoms. The van der Waals surface area contributed by atoms with Crippen molar-refractivity contribution in [1.29, 1.82) is 0 Å². The third-order valence-electron chi connectivity index (χ3n) is 8.36. The minimum absolute atomic E-state index is 0.0794. The van der Waals surface area contributed by atoms with Crippen LogP contribution in [-0.4, -0.2) is 89.1 Å². The highest BCUT2D eigenvalue weighted by Gasteiger charge is 2.44. The molecule has 1 aromatic rings. The lowest BCUT2D eigenvalue weighted by Gasteiger charge is -2.43. The van der Waals surface area contributed by atoms with Crippen LogP contribution in [0.25, 0.3) is 0 Å². The van der Waals surface area contributed by atoms with Crippen LogP contribution in [0.15, 0.2) is 59.6 Å². The van der Waals surface area contributed by atoms with Crippen LogP contribution in [0.2, 0.25) is 0 Å². The fourth-order valence-corrected chi connectivity index (χ4v) is 6.13. The molecule has 3 atom stereocenters. The summed E-state index contributed by atoms with van der Waals surface area (Å²) in [5.74, 6) is -4.15. The van der Waals surface area contributed by atoms with Gasteiger partial charge in [0.15, 0.2) is 0 Å². The molecule has 1 amide bonds. The van der Waals surface area contributed by atoms with E-state index in [4.69, 9.17) is 0 Å². The molecule has 1 aliphatic carbocycles. The van der Waals surface area contributed by atoms with E-state index in [0.717, 1.165) is 19.5 Å². The number of alkyl halides is 2. The second-order valence-electron chi connectivity index (χ2n) is 10.8. The first-order valence-electron chi connectivity index (χ1n) is 13.7. The number of nitrogens with zero attached hydrogens (tertiary/aromatic N) is 3. The largest absolute Gasteiger partial charge is 0.390 e. The number of β-amino-alcohol motifs (C(OH)–C–C–N with tert-alkyl or cyclic N) is 1. The summed E-state index contributed by atoms with van der Waals surface area (Å²) in [7, 11) is 0. The van der Waals surface area contributed by atoms with Gasteiger partial charge in [0.05, 0.1) is 24.3 Å². The Morgan fingerprint density at radius 3 is 2.68 bits per heavy atom. The monoisotopic (exact) mass is 530 g/mol. The molecule has 5 rings (SSSR count). The first kappa shape index (κ1) is 27.0. The van der Waals surface area contributed by atoms with Crippen LogP contribution in [0, 0.1) is 0 Å². The zero-order valence-electron chi connectivity index (χ0n) is 21.9. The van der Waals surface area contributed by atoms with Gasteiger partial charge in [-0.2, -0.15) is 0 Å². The molecule has 4 aliphatic rings. The molecule has 3 heterocycles. The van der Waals surface area contributed by atoms with E-state index in [1.807, 2.05) is 19.1 Å². The number of aliphatic hydroxyl groups excluding tert-OH is 1. The lowest BCUT2D eigenvalue weighted by molar-refractivity contribution is -0.132. The zero-order valence-corrected chi connectivity index (χ0v) is 21.9. The fourth-order valence-electron chi connectivity index (χ4n) is 6.13. The van der Waals surface area contributed by atoms with Gasteiger partial charge in [-0.25, -0.2) is 13.2 Å². The van der Waals surface area contributed by atoms with E-state index in [1.165, 1.54) is 28.2 Å². The Labute approximate surface area is 222 Å². The SMILES string of the molecule is CCN1CCC(NC2=CC(C(=O)N3CC[C@H](N4CCc5ccccc5C4)[C@@H](O)C3)=C(F)C=CC2)C(F)(F)C1. The third kappa shape index (κ3) is 5.70. The van der Waals surface area contributed by atoms with Gasteiger partial charge in [-0.05, 0) is 49.1 Å². The van der Waals surface area contributed by atoms with Crippen LogP contribution in [0.5, 0.6) is 0 Å². The Morgan fingerprint density at radius 1 is 1.16 bits per heavy atom. The number of halogens is 3. The summed E-state index contributed by atoms with van der Waals surface area (Å²) in [4.78, 5) is 18.9. The first-order valence-corrected chi connectivity index (χ1v) is 13.7. The molecule has 9 heteroatoms. The third-order valence-corrected chi connectivity index (χ3v) is 8.36. The second kappa shape index (κ2) is 11.2. The minimum atomic E-state index is -2.93. The van der Waals surface area contributed by atoms with E-state index >= 15 is 0 Å². The Bertz CT molecular complexity index is 1130. The highest BCUT2D eigenvalue weighted by molar-refractivity contribution is 5.97. The predicted octanol–water partition coefficient (Wildman–Crippen LogP) is 3.39. The molecular formula is C29H37F3N4O2. The Morgan fingerprint density at radius 2 is 1.95 bits per heavy atom. The standard InChI is InChI=1S/C29H37F3N4O2/c1-2-34-13-12-27(29(31,32)19-34)33-22-8-5-9-24(30)23(16-22)28(38)36-15-11-25(26(37)18-36)35-14-10-20-6-3-4-7-21(20)17-35/h3-7,9,16,25-27,33,37H,2,8,10-15,17-19H2,1H3/t25-,26-,27?/m0/s1. The Balaban J connectivity index is 1.24. The van der Waals surface area contributed by atoms with Crippen LogP contribution >= 0.6 is 0 Å². The Kier molecular flexibility index (Phi) is 7.98. The maximum atomic E-state index is 15.0. The lowest BCUT2D eigenvalue weighted by Crippen LogP contribution is -2.57. The molecule has 1 unspecified atom stereocenters. The topological polar surface area (TPSA) is 59.1 Å². The molecule has 206 valence electrons. The summed E-state index contributed by atoms with van der Waals surface area (Å²) < 4.78 is 44.5. The number of hydrogen-bond acceptors (Lipinski definition) is 5. The van der Waals surface area contributed by atoms with Gasteiger partial charge in [-0.3, -0.25) is 14.6 Å². The Hall–Kier alpha value is -2.62.